The molecule has 16 heavy (non-hydrogen) atoms. The van der Waals surface area contributed by atoms with Gasteiger partial charge in [-0.25, -0.2) is 9.97 Å². The fourth-order valence-corrected chi connectivity index (χ4v) is 2.51. The first-order valence-electron chi connectivity index (χ1n) is 5.63. The molecule has 1 aromatic rings. The number of hydrogen-bond acceptors (Lipinski definition) is 5. The maximum atomic E-state index is 5.78. The molecule has 0 aromatic carbocycles. The van der Waals surface area contributed by atoms with Crippen molar-refractivity contribution in [1.82, 2.24) is 9.97 Å². The molecule has 0 radical (unpaired) electrons. The third-order valence-electron chi connectivity index (χ3n) is 3.29. The molecule has 5 heteroatoms. The summed E-state index contributed by atoms with van der Waals surface area (Å²) in [7, 11) is 1.60. The molecule has 2 saturated heterocycles. The molecule has 2 bridgehead atoms. The molecule has 2 fully saturated rings. The quantitative estimate of drug-likeness (QED) is 0.831. The molecule has 3 rings (SSSR count). The molecule has 0 saturated carbocycles. The fraction of sp³-hybridized carbons (Fsp3) is 0.636. The highest BCUT2D eigenvalue weighted by Crippen LogP contribution is 2.35. The molecule has 3 heterocycles. The van der Waals surface area contributed by atoms with Crippen LogP contribution in [-0.2, 0) is 4.74 Å². The van der Waals surface area contributed by atoms with Gasteiger partial charge in [-0.15, -0.1) is 0 Å². The van der Waals surface area contributed by atoms with Crippen LogP contribution in [0, 0.1) is 0 Å². The Hall–Kier alpha value is -1.36. The van der Waals surface area contributed by atoms with Crippen molar-refractivity contribution in [3.05, 3.63) is 12.4 Å². The molecule has 0 amide bonds. The minimum atomic E-state index is 0.353. The number of anilines is 1. The Morgan fingerprint density at radius 1 is 1.44 bits per heavy atom. The highest BCUT2D eigenvalue weighted by Gasteiger charge is 2.40. The highest BCUT2D eigenvalue weighted by atomic mass is 16.5. The van der Waals surface area contributed by atoms with E-state index >= 15 is 0 Å². The van der Waals surface area contributed by atoms with E-state index in [2.05, 4.69) is 15.3 Å². The molecule has 3 unspecified atom stereocenters. The first-order valence-corrected chi connectivity index (χ1v) is 5.63. The Morgan fingerprint density at radius 2 is 2.38 bits per heavy atom. The van der Waals surface area contributed by atoms with Crippen LogP contribution in [0.1, 0.15) is 19.3 Å². The number of nitrogens with zero attached hydrogens (tertiary/aromatic N) is 2. The predicted molar refractivity (Wildman–Crippen MR) is 58.5 cm³/mol. The van der Waals surface area contributed by atoms with Gasteiger partial charge in [0.2, 0.25) is 5.88 Å². The Balaban J connectivity index is 1.69. The zero-order chi connectivity index (χ0) is 11.0. The standard InChI is InChI=1S/C11H15N3O2/c1-15-11-5-10(12-6-13-11)14-8-4-7-2-3-9(8)16-7/h5-9H,2-4H2,1H3,(H,12,13,14). The minimum Gasteiger partial charge on any atom is -0.481 e. The first-order chi connectivity index (χ1) is 7.85. The van der Waals surface area contributed by atoms with Crippen LogP contribution in [0.3, 0.4) is 0 Å². The molecular weight excluding hydrogens is 206 g/mol. The van der Waals surface area contributed by atoms with Gasteiger partial charge in [0.1, 0.15) is 12.1 Å². The van der Waals surface area contributed by atoms with E-state index < -0.39 is 0 Å². The second-order valence-corrected chi connectivity index (χ2v) is 4.31. The van der Waals surface area contributed by atoms with Crippen LogP contribution < -0.4 is 10.1 Å². The topological polar surface area (TPSA) is 56.3 Å². The summed E-state index contributed by atoms with van der Waals surface area (Å²) in [6, 6.07) is 2.20. The third-order valence-corrected chi connectivity index (χ3v) is 3.29. The van der Waals surface area contributed by atoms with Gasteiger partial charge in [-0.05, 0) is 19.3 Å². The van der Waals surface area contributed by atoms with Gasteiger partial charge in [0, 0.05) is 6.07 Å². The average Bonchev–Trinajstić information content (AvgIpc) is 2.91. The second-order valence-electron chi connectivity index (χ2n) is 4.31. The number of nitrogens with one attached hydrogen (secondary N) is 1. The normalized spacial score (nSPS) is 31.7. The van der Waals surface area contributed by atoms with Crippen LogP contribution in [-0.4, -0.2) is 35.3 Å². The molecule has 3 atom stereocenters. The average molecular weight is 221 g/mol. The van der Waals surface area contributed by atoms with Crippen molar-refractivity contribution in [3.63, 3.8) is 0 Å². The zero-order valence-electron chi connectivity index (χ0n) is 9.22. The number of fused-ring (bicyclic) bond motifs is 2. The minimum absolute atomic E-state index is 0.353. The molecule has 2 aliphatic rings. The predicted octanol–water partition coefficient (Wildman–Crippen LogP) is 1.22. The zero-order valence-corrected chi connectivity index (χ0v) is 9.22. The lowest BCUT2D eigenvalue weighted by atomic mass is 9.95. The molecule has 2 aliphatic heterocycles. The van der Waals surface area contributed by atoms with Crippen LogP contribution >= 0.6 is 0 Å². The van der Waals surface area contributed by atoms with Crippen molar-refractivity contribution in [2.24, 2.45) is 0 Å². The Morgan fingerprint density at radius 3 is 3.06 bits per heavy atom. The molecular formula is C11H15N3O2. The van der Waals surface area contributed by atoms with E-state index in [-0.39, 0.29) is 0 Å². The van der Waals surface area contributed by atoms with Crippen LogP contribution in [0.15, 0.2) is 12.4 Å². The maximum Gasteiger partial charge on any atom is 0.218 e. The second kappa shape index (κ2) is 3.90. The van der Waals surface area contributed by atoms with E-state index in [1.165, 1.54) is 12.7 Å². The van der Waals surface area contributed by atoms with Gasteiger partial charge in [0.05, 0.1) is 25.4 Å². The van der Waals surface area contributed by atoms with Gasteiger partial charge in [0.15, 0.2) is 0 Å². The SMILES string of the molecule is COc1cc(NC2CC3CCC2O3)ncn1. The number of ether oxygens (including phenoxy) is 2. The lowest BCUT2D eigenvalue weighted by Gasteiger charge is -2.20. The summed E-state index contributed by atoms with van der Waals surface area (Å²) < 4.78 is 10.8. The van der Waals surface area contributed by atoms with Crippen LogP contribution in [0.4, 0.5) is 5.82 Å². The highest BCUT2D eigenvalue weighted by molar-refractivity contribution is 5.39. The van der Waals surface area contributed by atoms with Crippen LogP contribution in [0.2, 0.25) is 0 Å². The number of rotatable bonds is 3. The van der Waals surface area contributed by atoms with E-state index in [9.17, 15) is 0 Å². The monoisotopic (exact) mass is 221 g/mol. The number of hydrogen-bond donors (Lipinski definition) is 1. The summed E-state index contributed by atoms with van der Waals surface area (Å²) in [6.07, 6.45) is 5.75. The Kier molecular flexibility index (Phi) is 2.40. The van der Waals surface area contributed by atoms with Crippen molar-refractivity contribution in [1.29, 1.82) is 0 Å². The number of aromatic nitrogens is 2. The van der Waals surface area contributed by atoms with E-state index in [4.69, 9.17) is 9.47 Å². The lowest BCUT2D eigenvalue weighted by Crippen LogP contribution is -2.30. The van der Waals surface area contributed by atoms with E-state index in [1.807, 2.05) is 6.07 Å². The van der Waals surface area contributed by atoms with Crippen molar-refractivity contribution in [2.45, 2.75) is 37.5 Å². The Bertz CT molecular complexity index is 385. The summed E-state index contributed by atoms with van der Waals surface area (Å²) in [5, 5.41) is 3.39. The molecule has 1 aromatic heterocycles. The van der Waals surface area contributed by atoms with Crippen LogP contribution in [0.5, 0.6) is 5.88 Å². The Labute approximate surface area is 94.2 Å². The van der Waals surface area contributed by atoms with Gasteiger partial charge < -0.3 is 14.8 Å². The van der Waals surface area contributed by atoms with Crippen molar-refractivity contribution in [3.8, 4) is 5.88 Å². The van der Waals surface area contributed by atoms with Crippen molar-refractivity contribution >= 4 is 5.82 Å². The molecule has 0 aliphatic carbocycles. The smallest absolute Gasteiger partial charge is 0.218 e. The first kappa shape index (κ1) is 9.84. The maximum absolute atomic E-state index is 5.78. The van der Waals surface area contributed by atoms with E-state index in [0.29, 0.717) is 24.1 Å². The molecule has 86 valence electrons. The van der Waals surface area contributed by atoms with E-state index in [0.717, 1.165) is 18.7 Å². The van der Waals surface area contributed by atoms with Gasteiger partial charge >= 0.3 is 0 Å². The van der Waals surface area contributed by atoms with E-state index in [1.54, 1.807) is 7.11 Å². The number of methoxy groups -OCH3 is 1. The summed E-state index contributed by atoms with van der Waals surface area (Å²) in [4.78, 5) is 8.15. The van der Waals surface area contributed by atoms with Crippen LogP contribution in [0.25, 0.3) is 0 Å². The molecule has 5 nitrogen and oxygen atoms in total. The molecule has 1 N–H and O–H groups in total. The summed E-state index contributed by atoms with van der Waals surface area (Å²) in [5.74, 6) is 1.40. The largest absolute Gasteiger partial charge is 0.481 e. The van der Waals surface area contributed by atoms with Gasteiger partial charge in [-0.2, -0.15) is 0 Å². The fourth-order valence-electron chi connectivity index (χ4n) is 2.51. The van der Waals surface area contributed by atoms with Crippen molar-refractivity contribution < 1.29 is 9.47 Å². The summed E-state index contributed by atoms with van der Waals surface area (Å²) in [6.45, 7) is 0. The van der Waals surface area contributed by atoms with Crippen molar-refractivity contribution in [2.75, 3.05) is 12.4 Å². The van der Waals surface area contributed by atoms with Gasteiger partial charge in [-0.1, -0.05) is 0 Å². The summed E-state index contributed by atoms with van der Waals surface area (Å²) >= 11 is 0. The van der Waals surface area contributed by atoms with Gasteiger partial charge in [-0.3, -0.25) is 0 Å². The molecule has 0 spiro atoms. The van der Waals surface area contributed by atoms with Gasteiger partial charge in [0.25, 0.3) is 0 Å². The lowest BCUT2D eigenvalue weighted by molar-refractivity contribution is 0.102. The third kappa shape index (κ3) is 1.71. The summed E-state index contributed by atoms with van der Waals surface area (Å²) in [5.41, 5.74) is 0.